The Morgan fingerprint density at radius 2 is 1.93 bits per heavy atom. The molecule has 2 heterocycles. The van der Waals surface area contributed by atoms with Gasteiger partial charge >= 0.3 is 0 Å². The van der Waals surface area contributed by atoms with E-state index >= 15 is 0 Å². The molecule has 2 aromatic carbocycles. The molecule has 0 amide bonds. The Balaban J connectivity index is 1.48. The average molecular weight is 430 g/mol. The molecule has 2 N–H and O–H groups in total. The highest BCUT2D eigenvalue weighted by Crippen LogP contribution is 2.30. The zero-order chi connectivity index (χ0) is 21.1. The maximum Gasteiger partial charge on any atom is 0.270 e. The zero-order valence-corrected chi connectivity index (χ0v) is 17.2. The number of rotatable bonds is 8. The van der Waals surface area contributed by atoms with Crippen LogP contribution in [0.2, 0.25) is 0 Å². The molecule has 1 saturated heterocycles. The number of para-hydroxylation sites is 2. The minimum Gasteiger partial charge on any atom is -0.384 e. The van der Waals surface area contributed by atoms with Crippen LogP contribution >= 0.6 is 0 Å². The van der Waals surface area contributed by atoms with Crippen molar-refractivity contribution in [2.24, 2.45) is 0 Å². The second-order valence-corrected chi connectivity index (χ2v) is 9.19. The molecular formula is C20H23N5O4S. The Morgan fingerprint density at radius 3 is 2.67 bits per heavy atom. The van der Waals surface area contributed by atoms with E-state index in [9.17, 15) is 18.5 Å². The van der Waals surface area contributed by atoms with Crippen LogP contribution in [0.5, 0.6) is 0 Å². The van der Waals surface area contributed by atoms with Gasteiger partial charge in [0.15, 0.2) is 0 Å². The lowest BCUT2D eigenvalue weighted by atomic mass is 10.2. The lowest BCUT2D eigenvalue weighted by Crippen LogP contribution is -2.28. The Hall–Kier alpha value is -2.98. The maximum atomic E-state index is 13.0. The van der Waals surface area contributed by atoms with Crippen molar-refractivity contribution in [3.63, 3.8) is 0 Å². The Bertz CT molecular complexity index is 1140. The summed E-state index contributed by atoms with van der Waals surface area (Å²) in [6.07, 6.45) is 3.02. The molecule has 0 radical (unpaired) electrons. The fraction of sp³-hybridized carbons (Fsp3) is 0.350. The third kappa shape index (κ3) is 4.14. The van der Waals surface area contributed by atoms with Gasteiger partial charge in [-0.25, -0.2) is 13.4 Å². The molecule has 4 rings (SSSR count). The number of hydrogen-bond donors (Lipinski definition) is 2. The summed E-state index contributed by atoms with van der Waals surface area (Å²) in [5.74, 6) is 0.867. The summed E-state index contributed by atoms with van der Waals surface area (Å²) in [7, 11) is -3.78. The highest BCUT2D eigenvalue weighted by Gasteiger charge is 2.30. The summed E-state index contributed by atoms with van der Waals surface area (Å²) in [6, 6.07) is 11.7. The summed E-state index contributed by atoms with van der Waals surface area (Å²) < 4.78 is 27.5. The van der Waals surface area contributed by atoms with Crippen LogP contribution in [-0.4, -0.2) is 47.2 Å². The number of fused-ring (bicyclic) bond motifs is 1. The van der Waals surface area contributed by atoms with Gasteiger partial charge in [0.05, 0.1) is 21.6 Å². The van der Waals surface area contributed by atoms with Crippen molar-refractivity contribution in [2.75, 3.05) is 25.0 Å². The van der Waals surface area contributed by atoms with Crippen LogP contribution in [0.3, 0.4) is 0 Å². The monoisotopic (exact) mass is 429 g/mol. The number of H-pyrrole nitrogens is 1. The molecule has 0 unspecified atom stereocenters. The number of aromatic amines is 1. The van der Waals surface area contributed by atoms with Crippen molar-refractivity contribution in [1.82, 2.24) is 14.3 Å². The van der Waals surface area contributed by atoms with Gasteiger partial charge in [-0.2, -0.15) is 4.31 Å². The standard InChI is InChI=1S/C20H23N5O4S/c26-25(27)15-9-10-18(19(14-15)30(28,29)24-12-3-4-13-24)21-11-5-8-20-22-16-6-1-2-7-17(16)23-20/h1-2,6-7,9-10,14,21H,3-5,8,11-13H2,(H,22,23). The molecule has 0 bridgehead atoms. The minimum atomic E-state index is -3.78. The van der Waals surface area contributed by atoms with Crippen LogP contribution in [0.1, 0.15) is 25.1 Å². The normalized spacial score (nSPS) is 14.9. The third-order valence-electron chi connectivity index (χ3n) is 5.20. The van der Waals surface area contributed by atoms with Crippen LogP contribution in [0.15, 0.2) is 47.4 Å². The summed E-state index contributed by atoms with van der Waals surface area (Å²) in [5, 5.41) is 14.3. The van der Waals surface area contributed by atoms with Crippen molar-refractivity contribution in [3.05, 3.63) is 58.4 Å². The number of hydrogen-bond acceptors (Lipinski definition) is 6. The van der Waals surface area contributed by atoms with Crippen molar-refractivity contribution in [1.29, 1.82) is 0 Å². The average Bonchev–Trinajstić information content (AvgIpc) is 3.41. The van der Waals surface area contributed by atoms with Crippen molar-refractivity contribution < 1.29 is 13.3 Å². The first-order valence-electron chi connectivity index (χ1n) is 9.91. The van der Waals surface area contributed by atoms with E-state index in [0.29, 0.717) is 31.7 Å². The first kappa shape index (κ1) is 20.3. The van der Waals surface area contributed by atoms with Gasteiger partial charge < -0.3 is 10.3 Å². The summed E-state index contributed by atoms with van der Waals surface area (Å²) >= 11 is 0. The molecule has 1 aliphatic heterocycles. The van der Waals surface area contributed by atoms with E-state index < -0.39 is 14.9 Å². The van der Waals surface area contributed by atoms with E-state index in [1.54, 1.807) is 0 Å². The second kappa shape index (κ2) is 8.41. The smallest absolute Gasteiger partial charge is 0.270 e. The number of imidazole rings is 1. The Kier molecular flexibility index (Phi) is 5.69. The number of benzene rings is 2. The van der Waals surface area contributed by atoms with Crippen LogP contribution in [0, 0.1) is 10.1 Å². The third-order valence-corrected chi connectivity index (χ3v) is 7.14. The molecule has 0 saturated carbocycles. The SMILES string of the molecule is O=[N+]([O-])c1ccc(NCCCc2nc3ccccc3[nH]2)c(S(=O)(=O)N2CCCC2)c1. The van der Waals surface area contributed by atoms with Gasteiger partial charge in [-0.05, 0) is 37.5 Å². The van der Waals surface area contributed by atoms with Gasteiger partial charge in [-0.1, -0.05) is 12.1 Å². The van der Waals surface area contributed by atoms with Gasteiger partial charge in [0.25, 0.3) is 5.69 Å². The molecule has 0 spiro atoms. The van der Waals surface area contributed by atoms with Crippen LogP contribution in [0.4, 0.5) is 11.4 Å². The lowest BCUT2D eigenvalue weighted by Gasteiger charge is -2.18. The highest BCUT2D eigenvalue weighted by atomic mass is 32.2. The van der Waals surface area contributed by atoms with Crippen LogP contribution < -0.4 is 5.32 Å². The second-order valence-electron chi connectivity index (χ2n) is 7.28. The molecule has 1 fully saturated rings. The van der Waals surface area contributed by atoms with E-state index in [1.807, 2.05) is 24.3 Å². The number of sulfonamides is 1. The zero-order valence-electron chi connectivity index (χ0n) is 16.4. The van der Waals surface area contributed by atoms with E-state index in [2.05, 4.69) is 15.3 Å². The molecular weight excluding hydrogens is 406 g/mol. The summed E-state index contributed by atoms with van der Waals surface area (Å²) in [6.45, 7) is 1.39. The fourth-order valence-corrected chi connectivity index (χ4v) is 5.36. The van der Waals surface area contributed by atoms with Crippen molar-refractivity contribution >= 4 is 32.4 Å². The molecule has 0 aliphatic carbocycles. The quantitative estimate of drug-likeness (QED) is 0.322. The van der Waals surface area contributed by atoms with E-state index in [1.165, 1.54) is 16.4 Å². The first-order chi connectivity index (χ1) is 14.4. The van der Waals surface area contributed by atoms with Gasteiger partial charge in [0.2, 0.25) is 10.0 Å². The number of nitro benzene ring substituents is 1. The van der Waals surface area contributed by atoms with Crippen molar-refractivity contribution in [2.45, 2.75) is 30.6 Å². The molecule has 1 aromatic heterocycles. The molecule has 3 aromatic rings. The largest absolute Gasteiger partial charge is 0.384 e. The molecule has 30 heavy (non-hydrogen) atoms. The number of anilines is 1. The number of nitrogens with one attached hydrogen (secondary N) is 2. The van der Waals surface area contributed by atoms with E-state index in [-0.39, 0.29) is 10.6 Å². The minimum absolute atomic E-state index is 0.0395. The molecule has 10 heteroatoms. The molecule has 158 valence electrons. The molecule has 1 aliphatic rings. The summed E-state index contributed by atoms with van der Waals surface area (Å²) in [5.41, 5.74) is 2.04. The maximum absolute atomic E-state index is 13.0. The van der Waals surface area contributed by atoms with Crippen LogP contribution in [0.25, 0.3) is 11.0 Å². The predicted octanol–water partition coefficient (Wildman–Crippen LogP) is 3.30. The highest BCUT2D eigenvalue weighted by molar-refractivity contribution is 7.89. The van der Waals surface area contributed by atoms with Gasteiger partial charge in [0, 0.05) is 38.2 Å². The van der Waals surface area contributed by atoms with Crippen molar-refractivity contribution in [3.8, 4) is 0 Å². The van der Waals surface area contributed by atoms with E-state index in [0.717, 1.165) is 42.2 Å². The Morgan fingerprint density at radius 1 is 1.17 bits per heavy atom. The van der Waals surface area contributed by atoms with Crippen LogP contribution in [-0.2, 0) is 16.4 Å². The molecule has 0 atom stereocenters. The van der Waals surface area contributed by atoms with Gasteiger partial charge in [-0.15, -0.1) is 0 Å². The lowest BCUT2D eigenvalue weighted by molar-refractivity contribution is -0.385. The predicted molar refractivity (Wildman–Crippen MR) is 114 cm³/mol. The summed E-state index contributed by atoms with van der Waals surface area (Å²) in [4.78, 5) is 18.4. The van der Waals surface area contributed by atoms with Gasteiger partial charge in [0.1, 0.15) is 10.7 Å². The molecule has 9 nitrogen and oxygen atoms in total. The van der Waals surface area contributed by atoms with E-state index in [4.69, 9.17) is 0 Å². The topological polar surface area (TPSA) is 121 Å². The van der Waals surface area contributed by atoms with Gasteiger partial charge in [-0.3, -0.25) is 10.1 Å². The number of nitro groups is 1. The number of non-ortho nitro benzene ring substituents is 1. The number of aryl methyl sites for hydroxylation is 1. The first-order valence-corrected chi connectivity index (χ1v) is 11.4. The Labute approximate surface area is 174 Å². The number of nitrogens with zero attached hydrogens (tertiary/aromatic N) is 3. The fourth-order valence-electron chi connectivity index (χ4n) is 3.65. The number of aromatic nitrogens is 2.